The van der Waals surface area contributed by atoms with Gasteiger partial charge in [0.2, 0.25) is 0 Å². The zero-order valence-electron chi connectivity index (χ0n) is 16.9. The minimum atomic E-state index is -0.381. The molecule has 4 heteroatoms. The van der Waals surface area contributed by atoms with Crippen LogP contribution in [0.1, 0.15) is 33.6 Å². The number of allylic oxidation sites excluding steroid dienone is 3. The molecule has 0 amide bonds. The van der Waals surface area contributed by atoms with Crippen molar-refractivity contribution in [1.29, 1.82) is 0 Å². The van der Waals surface area contributed by atoms with Crippen LogP contribution in [0.4, 0.5) is 0 Å². The largest absolute Gasteiger partial charge is 0.497 e. The molecule has 0 bridgehead atoms. The van der Waals surface area contributed by atoms with Crippen LogP contribution in [0.5, 0.6) is 11.5 Å². The SMILES string of the molecule is COc1ccc2c(c1)c(=O)oc1cc(OC/C=C(\C)CCC=C(C)C)ccc12. The van der Waals surface area contributed by atoms with E-state index in [2.05, 4.69) is 32.9 Å². The van der Waals surface area contributed by atoms with E-state index in [0.717, 1.165) is 23.6 Å². The van der Waals surface area contributed by atoms with Crippen molar-refractivity contribution >= 4 is 21.7 Å². The monoisotopic (exact) mass is 378 g/mol. The molecule has 0 fully saturated rings. The lowest BCUT2D eigenvalue weighted by molar-refractivity contribution is 0.361. The summed E-state index contributed by atoms with van der Waals surface area (Å²) in [7, 11) is 1.57. The number of benzene rings is 2. The Bertz CT molecular complexity index is 1100. The molecule has 0 spiro atoms. The summed E-state index contributed by atoms with van der Waals surface area (Å²) >= 11 is 0. The Morgan fingerprint density at radius 2 is 1.71 bits per heavy atom. The first kappa shape index (κ1) is 19.7. The highest BCUT2D eigenvalue weighted by Crippen LogP contribution is 2.28. The molecule has 0 saturated heterocycles. The van der Waals surface area contributed by atoms with Crippen molar-refractivity contribution in [2.24, 2.45) is 0 Å². The number of fused-ring (bicyclic) bond motifs is 3. The summed E-state index contributed by atoms with van der Waals surface area (Å²) in [6, 6.07) is 11.0. The molecule has 146 valence electrons. The van der Waals surface area contributed by atoms with E-state index in [1.807, 2.05) is 24.3 Å². The van der Waals surface area contributed by atoms with E-state index >= 15 is 0 Å². The average molecular weight is 378 g/mol. The Morgan fingerprint density at radius 1 is 0.964 bits per heavy atom. The van der Waals surface area contributed by atoms with Gasteiger partial charge in [0, 0.05) is 16.8 Å². The van der Waals surface area contributed by atoms with Crippen LogP contribution in [-0.2, 0) is 0 Å². The molecule has 0 atom stereocenters. The molecule has 0 saturated carbocycles. The molecule has 3 aromatic rings. The van der Waals surface area contributed by atoms with Gasteiger partial charge in [0.15, 0.2) is 0 Å². The molecule has 28 heavy (non-hydrogen) atoms. The normalized spacial score (nSPS) is 11.6. The van der Waals surface area contributed by atoms with E-state index < -0.39 is 0 Å². The van der Waals surface area contributed by atoms with Crippen LogP contribution in [0.25, 0.3) is 21.7 Å². The number of ether oxygens (including phenoxy) is 2. The predicted octanol–water partition coefficient (Wildman–Crippen LogP) is 6.03. The third kappa shape index (κ3) is 4.63. The van der Waals surface area contributed by atoms with Gasteiger partial charge in [-0.25, -0.2) is 4.79 Å². The second kappa shape index (κ2) is 8.79. The highest BCUT2D eigenvalue weighted by molar-refractivity contribution is 6.04. The van der Waals surface area contributed by atoms with Crippen LogP contribution in [0.2, 0.25) is 0 Å². The molecule has 0 N–H and O–H groups in total. The van der Waals surface area contributed by atoms with E-state index in [9.17, 15) is 4.79 Å². The molecule has 3 rings (SSSR count). The quantitative estimate of drug-likeness (QED) is 0.286. The Kier molecular flexibility index (Phi) is 6.19. The van der Waals surface area contributed by atoms with Gasteiger partial charge in [0.1, 0.15) is 23.7 Å². The van der Waals surface area contributed by atoms with Crippen molar-refractivity contribution in [3.8, 4) is 11.5 Å². The topological polar surface area (TPSA) is 48.7 Å². The van der Waals surface area contributed by atoms with Crippen LogP contribution in [0.15, 0.2) is 68.9 Å². The lowest BCUT2D eigenvalue weighted by atomic mass is 10.1. The maximum atomic E-state index is 12.3. The van der Waals surface area contributed by atoms with Gasteiger partial charge < -0.3 is 13.9 Å². The van der Waals surface area contributed by atoms with Crippen LogP contribution in [-0.4, -0.2) is 13.7 Å². The fraction of sp³-hybridized carbons (Fsp3) is 0.292. The first-order valence-corrected chi connectivity index (χ1v) is 9.44. The standard InChI is InChI=1S/C24H26O4/c1-16(2)6-5-7-17(3)12-13-27-19-9-11-21-20-10-8-18(26-4)14-22(20)24(25)28-23(21)15-19/h6,8-12,14-15H,5,7,13H2,1-4H3/b17-12+. The van der Waals surface area contributed by atoms with E-state index in [-0.39, 0.29) is 5.63 Å². The average Bonchev–Trinajstić information content (AvgIpc) is 2.67. The van der Waals surface area contributed by atoms with Crippen molar-refractivity contribution in [2.45, 2.75) is 33.6 Å². The first-order valence-electron chi connectivity index (χ1n) is 9.44. The fourth-order valence-corrected chi connectivity index (χ4v) is 3.08. The molecule has 0 aliphatic heterocycles. The molecule has 1 heterocycles. The van der Waals surface area contributed by atoms with Crippen molar-refractivity contribution in [1.82, 2.24) is 0 Å². The maximum absolute atomic E-state index is 12.3. The first-order chi connectivity index (χ1) is 13.5. The Hall–Kier alpha value is -3.01. The minimum Gasteiger partial charge on any atom is -0.497 e. The second-order valence-corrected chi connectivity index (χ2v) is 7.14. The zero-order chi connectivity index (χ0) is 20.1. The maximum Gasteiger partial charge on any atom is 0.344 e. The van der Waals surface area contributed by atoms with Gasteiger partial charge in [-0.2, -0.15) is 0 Å². The van der Waals surface area contributed by atoms with E-state index in [4.69, 9.17) is 13.9 Å². The second-order valence-electron chi connectivity index (χ2n) is 7.14. The lowest BCUT2D eigenvalue weighted by Gasteiger charge is -2.08. The molecule has 0 unspecified atom stereocenters. The summed E-state index contributed by atoms with van der Waals surface area (Å²) in [5, 5.41) is 2.22. The Morgan fingerprint density at radius 3 is 2.46 bits per heavy atom. The molecular formula is C24H26O4. The Balaban J connectivity index is 1.78. The smallest absolute Gasteiger partial charge is 0.344 e. The van der Waals surface area contributed by atoms with Crippen LogP contribution >= 0.6 is 0 Å². The molecule has 0 aliphatic rings. The summed E-state index contributed by atoms with van der Waals surface area (Å²) in [5.74, 6) is 1.31. The number of hydrogen-bond donors (Lipinski definition) is 0. The molecule has 0 aliphatic carbocycles. The highest BCUT2D eigenvalue weighted by Gasteiger charge is 2.09. The van der Waals surface area contributed by atoms with Gasteiger partial charge in [-0.1, -0.05) is 17.2 Å². The number of hydrogen-bond acceptors (Lipinski definition) is 4. The lowest BCUT2D eigenvalue weighted by Crippen LogP contribution is -2.01. The van der Waals surface area contributed by atoms with Crippen LogP contribution < -0.4 is 15.1 Å². The molecule has 4 nitrogen and oxygen atoms in total. The zero-order valence-corrected chi connectivity index (χ0v) is 16.9. The van der Waals surface area contributed by atoms with Crippen molar-refractivity contribution < 1.29 is 13.9 Å². The van der Waals surface area contributed by atoms with Gasteiger partial charge in [-0.3, -0.25) is 0 Å². The summed E-state index contributed by atoms with van der Waals surface area (Å²) in [6.45, 7) is 6.82. The summed E-state index contributed by atoms with van der Waals surface area (Å²) in [5.41, 5.74) is 2.77. The summed E-state index contributed by atoms with van der Waals surface area (Å²) in [4.78, 5) is 12.3. The fourth-order valence-electron chi connectivity index (χ4n) is 3.08. The molecule has 0 radical (unpaired) electrons. The van der Waals surface area contributed by atoms with Crippen molar-refractivity contribution in [2.75, 3.05) is 13.7 Å². The minimum absolute atomic E-state index is 0.381. The van der Waals surface area contributed by atoms with Crippen LogP contribution in [0, 0.1) is 0 Å². The summed E-state index contributed by atoms with van der Waals surface area (Å²) < 4.78 is 16.5. The van der Waals surface area contributed by atoms with E-state index in [1.54, 1.807) is 19.2 Å². The number of rotatable bonds is 7. The van der Waals surface area contributed by atoms with Gasteiger partial charge in [0.25, 0.3) is 0 Å². The van der Waals surface area contributed by atoms with Crippen molar-refractivity contribution in [3.63, 3.8) is 0 Å². The predicted molar refractivity (Wildman–Crippen MR) is 114 cm³/mol. The number of methoxy groups -OCH3 is 1. The van der Waals surface area contributed by atoms with Gasteiger partial charge in [0.05, 0.1) is 12.5 Å². The van der Waals surface area contributed by atoms with Crippen molar-refractivity contribution in [3.05, 3.63) is 70.1 Å². The highest BCUT2D eigenvalue weighted by atomic mass is 16.5. The van der Waals surface area contributed by atoms with Gasteiger partial charge in [-0.15, -0.1) is 0 Å². The third-order valence-corrected chi connectivity index (χ3v) is 4.67. The van der Waals surface area contributed by atoms with Gasteiger partial charge in [-0.05, 0) is 70.0 Å². The molecular weight excluding hydrogens is 352 g/mol. The Labute approximate surface area is 165 Å². The van der Waals surface area contributed by atoms with E-state index in [1.165, 1.54) is 11.1 Å². The van der Waals surface area contributed by atoms with Gasteiger partial charge >= 0.3 is 5.63 Å². The van der Waals surface area contributed by atoms with Crippen LogP contribution in [0.3, 0.4) is 0 Å². The van der Waals surface area contributed by atoms with E-state index in [0.29, 0.717) is 29.1 Å². The summed E-state index contributed by atoms with van der Waals surface area (Å²) in [6.07, 6.45) is 6.40. The molecule has 2 aromatic carbocycles. The third-order valence-electron chi connectivity index (χ3n) is 4.67. The molecule has 1 aromatic heterocycles.